The summed E-state index contributed by atoms with van der Waals surface area (Å²) in [6, 6.07) is -0.849. The molecule has 0 saturated carbocycles. The fraction of sp³-hybridized carbons (Fsp3) is 0.571. The van der Waals surface area contributed by atoms with Crippen LogP contribution in [0.5, 0.6) is 0 Å². The summed E-state index contributed by atoms with van der Waals surface area (Å²) in [5.74, 6) is -2.29. The molecule has 1 fully saturated rings. The number of cyclic esters (lactones) is 1. The van der Waals surface area contributed by atoms with Gasteiger partial charge in [-0.1, -0.05) is 43.7 Å². The van der Waals surface area contributed by atoms with Crippen molar-refractivity contribution >= 4 is 17.8 Å². The number of nitrogens with zero attached hydrogens (tertiary/aromatic N) is 2. The molecule has 39 heavy (non-hydrogen) atoms. The van der Waals surface area contributed by atoms with E-state index in [1.54, 1.807) is 39.0 Å². The predicted molar refractivity (Wildman–Crippen MR) is 140 cm³/mol. The Kier molecular flexibility index (Phi) is 11.0. The number of esters is 1. The molecule has 10 nitrogen and oxygen atoms in total. The molecule has 11 heteroatoms. The Balaban J connectivity index is 1.86. The van der Waals surface area contributed by atoms with Gasteiger partial charge in [-0.2, -0.15) is 0 Å². The maximum absolute atomic E-state index is 14.6. The molecule has 6 atom stereocenters. The molecular weight excluding hydrogens is 509 g/mol. The Labute approximate surface area is 227 Å². The first-order valence-corrected chi connectivity index (χ1v) is 13.3. The highest BCUT2D eigenvalue weighted by molar-refractivity contribution is 5.95. The summed E-state index contributed by atoms with van der Waals surface area (Å²) in [5.41, 5.74) is 0.651. The highest BCUT2D eigenvalue weighted by atomic mass is 19.1. The number of alkyl halides is 1. The van der Waals surface area contributed by atoms with E-state index in [-0.39, 0.29) is 43.5 Å². The van der Waals surface area contributed by atoms with Crippen LogP contribution in [-0.2, 0) is 20.7 Å². The van der Waals surface area contributed by atoms with E-state index in [1.165, 1.54) is 17.1 Å². The third kappa shape index (κ3) is 8.59. The molecule has 1 aromatic rings. The summed E-state index contributed by atoms with van der Waals surface area (Å²) < 4.78 is 25.7. The van der Waals surface area contributed by atoms with Crippen LogP contribution < -0.4 is 5.32 Å². The molecule has 0 radical (unpaired) electrons. The number of nitrogens with one attached hydrogen (secondary N) is 1. The standard InChI is InChI=1S/C28H38FN3O7/c1-17-6-4-10-30-24(35)9-8-18(2)26(19(3)15-33)39-28(37)23-7-5-11-32(23)27(36)22-16-38-25(31-22)14-20(29)13-21(34)12-17/h4,6,8-9,12,16,18-21,23,26,33-34H,5,7,10-11,13-15H2,1-3H3,(H,30,35)/b6-4+,9-8+,17-12+/t18-,19-,20-,21-,23-,26+/m1/s1. The zero-order valence-corrected chi connectivity index (χ0v) is 22.6. The van der Waals surface area contributed by atoms with Crippen LogP contribution in [0.2, 0.25) is 0 Å². The number of rotatable bonds is 2. The quantitative estimate of drug-likeness (QED) is 0.479. The maximum atomic E-state index is 14.6. The lowest BCUT2D eigenvalue weighted by atomic mass is 9.93. The molecule has 3 N–H and O–H groups in total. The molecule has 0 spiro atoms. The first-order valence-electron chi connectivity index (χ1n) is 13.3. The first-order chi connectivity index (χ1) is 18.6. The Morgan fingerprint density at radius 2 is 2.05 bits per heavy atom. The lowest BCUT2D eigenvalue weighted by molar-refractivity contribution is -0.159. The minimum absolute atomic E-state index is 0.0172. The average molecular weight is 548 g/mol. The summed E-state index contributed by atoms with van der Waals surface area (Å²) in [5, 5.41) is 22.7. The van der Waals surface area contributed by atoms with Crippen LogP contribution in [0.1, 0.15) is 56.4 Å². The van der Waals surface area contributed by atoms with Crippen LogP contribution in [-0.4, -0.2) is 82.0 Å². The minimum Gasteiger partial charge on any atom is -0.460 e. The molecule has 1 saturated heterocycles. The second kappa shape index (κ2) is 14.2. The van der Waals surface area contributed by atoms with Crippen molar-refractivity contribution in [1.82, 2.24) is 15.2 Å². The number of halogens is 1. The largest absolute Gasteiger partial charge is 0.460 e. The number of aliphatic hydroxyl groups excluding tert-OH is 2. The maximum Gasteiger partial charge on any atom is 0.329 e. The van der Waals surface area contributed by atoms with Gasteiger partial charge in [0.1, 0.15) is 24.6 Å². The monoisotopic (exact) mass is 547 g/mol. The number of hydrogen-bond acceptors (Lipinski definition) is 8. The molecule has 2 amide bonds. The summed E-state index contributed by atoms with van der Waals surface area (Å²) >= 11 is 0. The second-order valence-electron chi connectivity index (χ2n) is 10.2. The Bertz CT molecular complexity index is 1100. The number of aromatic nitrogens is 1. The summed E-state index contributed by atoms with van der Waals surface area (Å²) in [6.45, 7) is 5.57. The number of hydrogen-bond donors (Lipinski definition) is 3. The molecule has 0 aliphatic carbocycles. The number of carbonyl (C=O) groups is 3. The van der Waals surface area contributed by atoms with Crippen molar-refractivity contribution in [2.45, 2.75) is 70.9 Å². The van der Waals surface area contributed by atoms with Gasteiger partial charge in [-0.05, 0) is 25.8 Å². The van der Waals surface area contributed by atoms with Gasteiger partial charge in [0.05, 0.1) is 12.5 Å². The van der Waals surface area contributed by atoms with Gasteiger partial charge in [-0.25, -0.2) is 14.2 Å². The van der Waals surface area contributed by atoms with Crippen LogP contribution in [0.4, 0.5) is 4.39 Å². The van der Waals surface area contributed by atoms with Crippen molar-refractivity contribution < 1.29 is 38.1 Å². The van der Waals surface area contributed by atoms with Gasteiger partial charge in [-0.3, -0.25) is 9.59 Å². The van der Waals surface area contributed by atoms with Crippen LogP contribution in [0.15, 0.2) is 46.6 Å². The molecule has 2 aliphatic heterocycles. The van der Waals surface area contributed by atoms with E-state index in [0.29, 0.717) is 25.0 Å². The Morgan fingerprint density at radius 3 is 2.79 bits per heavy atom. The second-order valence-corrected chi connectivity index (χ2v) is 10.2. The van der Waals surface area contributed by atoms with E-state index in [9.17, 15) is 29.0 Å². The number of ether oxygens (including phenoxy) is 1. The zero-order chi connectivity index (χ0) is 28.5. The molecule has 3 rings (SSSR count). The Morgan fingerprint density at radius 1 is 1.28 bits per heavy atom. The molecule has 3 heterocycles. The number of carbonyl (C=O) groups excluding carboxylic acids is 3. The fourth-order valence-electron chi connectivity index (χ4n) is 4.74. The summed E-state index contributed by atoms with van der Waals surface area (Å²) in [6.07, 6.45) is 6.33. The van der Waals surface area contributed by atoms with Crippen molar-refractivity contribution in [1.29, 1.82) is 0 Å². The number of oxazole rings is 1. The normalized spacial score (nSPS) is 31.8. The average Bonchev–Trinajstić information content (AvgIpc) is 3.57. The van der Waals surface area contributed by atoms with Gasteiger partial charge >= 0.3 is 5.97 Å². The molecule has 2 aliphatic rings. The van der Waals surface area contributed by atoms with Crippen molar-refractivity contribution in [2.75, 3.05) is 19.7 Å². The van der Waals surface area contributed by atoms with Gasteiger partial charge in [-0.15, -0.1) is 0 Å². The highest BCUT2D eigenvalue weighted by Crippen LogP contribution is 2.25. The number of aliphatic hydroxyl groups is 2. The van der Waals surface area contributed by atoms with Gasteiger partial charge in [0, 0.05) is 38.0 Å². The van der Waals surface area contributed by atoms with E-state index < -0.39 is 48.1 Å². The van der Waals surface area contributed by atoms with Gasteiger partial charge in [0.15, 0.2) is 11.6 Å². The minimum atomic E-state index is -1.47. The molecule has 214 valence electrons. The van der Waals surface area contributed by atoms with Crippen LogP contribution >= 0.6 is 0 Å². The molecule has 0 unspecified atom stereocenters. The van der Waals surface area contributed by atoms with E-state index in [0.717, 1.165) is 6.26 Å². The van der Waals surface area contributed by atoms with Gasteiger partial charge in [0.25, 0.3) is 5.91 Å². The number of fused-ring (bicyclic) bond motifs is 3. The van der Waals surface area contributed by atoms with E-state index >= 15 is 0 Å². The van der Waals surface area contributed by atoms with Crippen molar-refractivity contribution in [2.24, 2.45) is 11.8 Å². The SMILES string of the molecule is CC1=C\[C@@H](O)C[C@@H](F)Cc2nc(co2)C(=O)N2CCC[C@@H]2C(=O)O[C@H]([C@H](C)CO)[C@H](C)/C=C/C(=O)NC\C=C\1. The van der Waals surface area contributed by atoms with Crippen LogP contribution in [0, 0.1) is 11.8 Å². The van der Waals surface area contributed by atoms with E-state index in [4.69, 9.17) is 9.15 Å². The lowest BCUT2D eigenvalue weighted by Crippen LogP contribution is -2.44. The topological polar surface area (TPSA) is 142 Å². The fourth-order valence-corrected chi connectivity index (χ4v) is 4.74. The summed E-state index contributed by atoms with van der Waals surface area (Å²) in [7, 11) is 0. The molecule has 2 bridgehead atoms. The Hall–Kier alpha value is -3.31. The zero-order valence-electron chi connectivity index (χ0n) is 22.6. The number of allylic oxidation sites excluding steroid dienone is 2. The predicted octanol–water partition coefficient (Wildman–Crippen LogP) is 2.28. The highest BCUT2D eigenvalue weighted by Gasteiger charge is 2.39. The number of amides is 2. The summed E-state index contributed by atoms with van der Waals surface area (Å²) in [4.78, 5) is 44.1. The molecule has 0 aromatic carbocycles. The first kappa shape index (κ1) is 30.2. The van der Waals surface area contributed by atoms with Gasteiger partial charge < -0.3 is 29.6 Å². The molecule has 1 aromatic heterocycles. The van der Waals surface area contributed by atoms with Crippen molar-refractivity contribution in [3.05, 3.63) is 53.8 Å². The van der Waals surface area contributed by atoms with Crippen molar-refractivity contribution in [3.8, 4) is 0 Å². The van der Waals surface area contributed by atoms with Crippen molar-refractivity contribution in [3.63, 3.8) is 0 Å². The van der Waals surface area contributed by atoms with Crippen LogP contribution in [0.3, 0.4) is 0 Å². The van der Waals surface area contributed by atoms with Crippen LogP contribution in [0.25, 0.3) is 0 Å². The smallest absolute Gasteiger partial charge is 0.329 e. The van der Waals surface area contributed by atoms with E-state index in [1.807, 2.05) is 0 Å². The molecular formula is C28H38FN3O7. The third-order valence-corrected chi connectivity index (χ3v) is 6.85. The van der Waals surface area contributed by atoms with E-state index in [2.05, 4.69) is 10.3 Å². The van der Waals surface area contributed by atoms with Gasteiger partial charge in [0.2, 0.25) is 5.91 Å². The third-order valence-electron chi connectivity index (χ3n) is 6.85. The lowest BCUT2D eigenvalue weighted by Gasteiger charge is -2.30.